The maximum absolute atomic E-state index is 13.2. The molecular weight excluding hydrogens is 464 g/mol. The number of hydrogen-bond acceptors (Lipinski definition) is 5. The highest BCUT2D eigenvalue weighted by atomic mass is 16.7. The predicted octanol–water partition coefficient (Wildman–Crippen LogP) is 4.48. The zero-order chi connectivity index (χ0) is 25.0. The Balaban J connectivity index is 1.11. The summed E-state index contributed by atoms with van der Waals surface area (Å²) in [6.45, 7) is 6.22. The number of para-hydroxylation sites is 2. The van der Waals surface area contributed by atoms with Crippen LogP contribution in [0.3, 0.4) is 0 Å². The molecule has 7 heteroatoms. The monoisotopic (exact) mass is 502 g/mol. The fraction of sp³-hybridized carbons (Fsp3) is 0.533. The summed E-state index contributed by atoms with van der Waals surface area (Å²) in [6.07, 6.45) is 7.57. The average Bonchev–Trinajstić information content (AvgIpc) is 3.70. The second kappa shape index (κ2) is 11.3. The average molecular weight is 503 g/mol. The molecule has 37 heavy (non-hydrogen) atoms. The number of amides is 1. The Kier molecular flexibility index (Phi) is 7.53. The summed E-state index contributed by atoms with van der Waals surface area (Å²) in [5.74, 6) is 1.17. The molecule has 1 aromatic heterocycles. The SMILES string of the molecule is O=C(c1ccc(Cc2nc3ccccc3n2CCOC2CCCCO2)cc1)N1CC[C@H](N2CCCC2)C1. The maximum Gasteiger partial charge on any atom is 0.253 e. The number of imidazole rings is 1. The number of benzene rings is 2. The molecule has 3 fully saturated rings. The molecule has 1 amide bonds. The summed E-state index contributed by atoms with van der Waals surface area (Å²) in [5.41, 5.74) is 4.06. The minimum absolute atomic E-state index is 0.0849. The molecule has 0 spiro atoms. The summed E-state index contributed by atoms with van der Waals surface area (Å²) in [4.78, 5) is 22.7. The first kappa shape index (κ1) is 24.6. The van der Waals surface area contributed by atoms with Crippen molar-refractivity contribution in [2.24, 2.45) is 0 Å². The van der Waals surface area contributed by atoms with Crippen LogP contribution in [0.4, 0.5) is 0 Å². The summed E-state index contributed by atoms with van der Waals surface area (Å²) < 4.78 is 14.0. The molecule has 0 saturated carbocycles. The van der Waals surface area contributed by atoms with E-state index in [-0.39, 0.29) is 12.2 Å². The third kappa shape index (κ3) is 5.59. The lowest BCUT2D eigenvalue weighted by Gasteiger charge is -2.23. The van der Waals surface area contributed by atoms with Crippen molar-refractivity contribution in [3.8, 4) is 0 Å². The number of fused-ring (bicyclic) bond motifs is 1. The molecule has 0 radical (unpaired) electrons. The Labute approximate surface area is 219 Å². The molecule has 6 rings (SSSR count). The third-order valence-corrected chi connectivity index (χ3v) is 8.16. The number of likely N-dealkylation sites (tertiary alicyclic amines) is 2. The van der Waals surface area contributed by atoms with E-state index in [2.05, 4.69) is 39.8 Å². The molecule has 0 bridgehead atoms. The van der Waals surface area contributed by atoms with Crippen LogP contribution in [0.5, 0.6) is 0 Å². The van der Waals surface area contributed by atoms with Crippen molar-refractivity contribution in [2.75, 3.05) is 39.4 Å². The highest BCUT2D eigenvalue weighted by Crippen LogP contribution is 2.23. The van der Waals surface area contributed by atoms with Crippen molar-refractivity contribution in [3.63, 3.8) is 0 Å². The van der Waals surface area contributed by atoms with Crippen LogP contribution in [-0.4, -0.2) is 77.0 Å². The van der Waals surface area contributed by atoms with Gasteiger partial charge in [0.25, 0.3) is 5.91 Å². The van der Waals surface area contributed by atoms with Crippen molar-refractivity contribution in [1.29, 1.82) is 0 Å². The van der Waals surface area contributed by atoms with Crippen LogP contribution in [0.15, 0.2) is 48.5 Å². The fourth-order valence-electron chi connectivity index (χ4n) is 6.09. The van der Waals surface area contributed by atoms with Gasteiger partial charge in [-0.05, 0) is 81.4 Å². The number of carbonyl (C=O) groups excluding carboxylic acids is 1. The van der Waals surface area contributed by atoms with Gasteiger partial charge in [-0.3, -0.25) is 9.69 Å². The number of rotatable bonds is 8. The molecule has 196 valence electrons. The van der Waals surface area contributed by atoms with Gasteiger partial charge in [0.2, 0.25) is 0 Å². The van der Waals surface area contributed by atoms with E-state index in [1.807, 2.05) is 23.1 Å². The first-order valence-electron chi connectivity index (χ1n) is 14.0. The van der Waals surface area contributed by atoms with E-state index in [1.165, 1.54) is 32.4 Å². The second-order valence-corrected chi connectivity index (χ2v) is 10.6. The number of carbonyl (C=O) groups is 1. The number of aromatic nitrogens is 2. The van der Waals surface area contributed by atoms with Gasteiger partial charge in [-0.1, -0.05) is 24.3 Å². The molecule has 0 N–H and O–H groups in total. The zero-order valence-electron chi connectivity index (χ0n) is 21.7. The van der Waals surface area contributed by atoms with E-state index in [9.17, 15) is 4.79 Å². The largest absolute Gasteiger partial charge is 0.353 e. The molecular formula is C30H38N4O3. The van der Waals surface area contributed by atoms with E-state index in [4.69, 9.17) is 14.5 Å². The highest BCUT2D eigenvalue weighted by molar-refractivity contribution is 5.94. The van der Waals surface area contributed by atoms with Gasteiger partial charge < -0.3 is 18.9 Å². The van der Waals surface area contributed by atoms with Crippen LogP contribution in [0.1, 0.15) is 60.3 Å². The van der Waals surface area contributed by atoms with E-state index in [0.29, 0.717) is 19.1 Å². The first-order valence-corrected chi connectivity index (χ1v) is 14.0. The van der Waals surface area contributed by atoms with Gasteiger partial charge in [0.1, 0.15) is 5.82 Å². The molecule has 7 nitrogen and oxygen atoms in total. The Morgan fingerprint density at radius 3 is 2.62 bits per heavy atom. The Hall–Kier alpha value is -2.74. The van der Waals surface area contributed by atoms with Crippen LogP contribution in [0, 0.1) is 0 Å². The molecule has 0 aliphatic carbocycles. The number of nitrogens with zero attached hydrogens (tertiary/aromatic N) is 4. The smallest absolute Gasteiger partial charge is 0.253 e. The highest BCUT2D eigenvalue weighted by Gasteiger charge is 2.31. The van der Waals surface area contributed by atoms with E-state index in [0.717, 1.165) is 73.5 Å². The van der Waals surface area contributed by atoms with E-state index in [1.54, 1.807) is 0 Å². The summed E-state index contributed by atoms with van der Waals surface area (Å²) in [5, 5.41) is 0. The molecule has 3 aliphatic rings. The van der Waals surface area contributed by atoms with Crippen molar-refractivity contribution >= 4 is 16.9 Å². The lowest BCUT2D eigenvalue weighted by atomic mass is 10.1. The summed E-state index contributed by atoms with van der Waals surface area (Å²) in [6, 6.07) is 16.9. The van der Waals surface area contributed by atoms with Crippen LogP contribution in [0.2, 0.25) is 0 Å². The van der Waals surface area contributed by atoms with Gasteiger partial charge in [-0.25, -0.2) is 4.98 Å². The van der Waals surface area contributed by atoms with Gasteiger partial charge in [-0.2, -0.15) is 0 Å². The van der Waals surface area contributed by atoms with Crippen molar-refractivity contribution in [2.45, 2.75) is 63.8 Å². The molecule has 3 aliphatic heterocycles. The number of hydrogen-bond donors (Lipinski definition) is 0. The standard InChI is InChI=1S/C30H38N4O3/c35-30(33-17-14-25(22-33)32-15-4-5-16-32)24-12-10-23(11-13-24)21-28-31-26-7-1-2-8-27(26)34(28)18-20-37-29-9-3-6-19-36-29/h1-2,7-8,10-13,25,29H,3-6,9,14-22H2/t25-,29?/m0/s1. The normalized spacial score (nSPS) is 22.8. The molecule has 4 heterocycles. The lowest BCUT2D eigenvalue weighted by Crippen LogP contribution is -2.37. The fourth-order valence-corrected chi connectivity index (χ4v) is 6.09. The van der Waals surface area contributed by atoms with E-state index >= 15 is 0 Å². The van der Waals surface area contributed by atoms with Crippen molar-refractivity contribution < 1.29 is 14.3 Å². The molecule has 2 atom stereocenters. The maximum atomic E-state index is 13.2. The topological polar surface area (TPSA) is 59.8 Å². The van der Waals surface area contributed by atoms with Gasteiger partial charge in [-0.15, -0.1) is 0 Å². The molecule has 1 unspecified atom stereocenters. The molecule has 2 aromatic carbocycles. The molecule has 3 saturated heterocycles. The Morgan fingerprint density at radius 1 is 0.973 bits per heavy atom. The van der Waals surface area contributed by atoms with Crippen molar-refractivity contribution in [3.05, 3.63) is 65.5 Å². The zero-order valence-corrected chi connectivity index (χ0v) is 21.7. The van der Waals surface area contributed by atoms with E-state index < -0.39 is 0 Å². The Bertz CT molecular complexity index is 1200. The van der Waals surface area contributed by atoms with Crippen LogP contribution >= 0.6 is 0 Å². The quantitative estimate of drug-likeness (QED) is 0.455. The minimum Gasteiger partial charge on any atom is -0.353 e. The van der Waals surface area contributed by atoms with Crippen LogP contribution in [-0.2, 0) is 22.4 Å². The molecule has 3 aromatic rings. The minimum atomic E-state index is -0.0849. The predicted molar refractivity (Wildman–Crippen MR) is 144 cm³/mol. The van der Waals surface area contributed by atoms with Crippen LogP contribution < -0.4 is 0 Å². The van der Waals surface area contributed by atoms with Gasteiger partial charge >= 0.3 is 0 Å². The number of ether oxygens (including phenoxy) is 2. The lowest BCUT2D eigenvalue weighted by molar-refractivity contribution is -0.163. The summed E-state index contributed by atoms with van der Waals surface area (Å²) >= 11 is 0. The first-order chi connectivity index (χ1) is 18.2. The van der Waals surface area contributed by atoms with Gasteiger partial charge in [0.05, 0.1) is 17.6 Å². The van der Waals surface area contributed by atoms with Gasteiger partial charge in [0, 0.05) is 44.3 Å². The van der Waals surface area contributed by atoms with Crippen molar-refractivity contribution in [1.82, 2.24) is 19.4 Å². The summed E-state index contributed by atoms with van der Waals surface area (Å²) in [7, 11) is 0. The Morgan fingerprint density at radius 2 is 1.81 bits per heavy atom. The van der Waals surface area contributed by atoms with Crippen LogP contribution in [0.25, 0.3) is 11.0 Å². The third-order valence-electron chi connectivity index (χ3n) is 8.16. The second-order valence-electron chi connectivity index (χ2n) is 10.6. The van der Waals surface area contributed by atoms with Gasteiger partial charge in [0.15, 0.2) is 6.29 Å².